The number of nitrogens with one attached hydrogen (secondary N) is 1. The Morgan fingerprint density at radius 2 is 2.64 bits per heavy atom. The summed E-state index contributed by atoms with van der Waals surface area (Å²) >= 11 is 0. The number of H-pyrrole nitrogens is 1. The molecule has 1 aromatic rings. The van der Waals surface area contributed by atoms with E-state index in [1.54, 1.807) is 6.20 Å². The maximum absolute atomic E-state index is 11.6. The van der Waals surface area contributed by atoms with Gasteiger partial charge in [0.1, 0.15) is 0 Å². The fraction of sp³-hybridized carbons (Fsp3) is 0.600. The fourth-order valence-corrected chi connectivity index (χ4v) is 2.04. The zero-order valence-electron chi connectivity index (χ0n) is 8.36. The summed E-state index contributed by atoms with van der Waals surface area (Å²) in [5.41, 5.74) is 1.06. The largest absolute Gasteiger partial charge is 0.334 e. The smallest absolute Gasteiger partial charge is 0.222 e. The topological polar surface area (TPSA) is 49.0 Å². The van der Waals surface area contributed by atoms with Gasteiger partial charge in [0.15, 0.2) is 0 Å². The highest BCUT2D eigenvalue weighted by Gasteiger charge is 2.29. The van der Waals surface area contributed by atoms with Gasteiger partial charge in [0.25, 0.3) is 0 Å². The van der Waals surface area contributed by atoms with E-state index < -0.39 is 0 Å². The number of carbonyl (C=O) groups is 1. The lowest BCUT2D eigenvalue weighted by Gasteiger charge is -2.22. The Morgan fingerprint density at radius 3 is 3.29 bits per heavy atom. The highest BCUT2D eigenvalue weighted by atomic mass is 16.2. The van der Waals surface area contributed by atoms with Gasteiger partial charge < -0.3 is 4.90 Å². The quantitative estimate of drug-likeness (QED) is 0.773. The monoisotopic (exact) mass is 193 g/mol. The molecule has 1 fully saturated rings. The Labute approximate surface area is 83.3 Å². The summed E-state index contributed by atoms with van der Waals surface area (Å²) in [5, 5.41) is 6.87. The van der Waals surface area contributed by atoms with Crippen molar-refractivity contribution in [3.8, 4) is 0 Å². The molecule has 1 aliphatic rings. The van der Waals surface area contributed by atoms with Gasteiger partial charge >= 0.3 is 0 Å². The standard InChI is InChI=1S/C10H15N3O/c1-2-10(14)13-7-3-4-9(13)8-5-6-11-12-8/h5-6,9H,2-4,7H2,1H3,(H,11,12)/t9-/m0/s1. The third-order valence-electron chi connectivity index (χ3n) is 2.76. The van der Waals surface area contributed by atoms with Crippen LogP contribution in [0.25, 0.3) is 0 Å². The van der Waals surface area contributed by atoms with Gasteiger partial charge in [-0.3, -0.25) is 9.89 Å². The third-order valence-corrected chi connectivity index (χ3v) is 2.76. The Kier molecular flexibility index (Phi) is 2.52. The number of aromatic amines is 1. The molecule has 4 nitrogen and oxygen atoms in total. The second kappa shape index (κ2) is 3.82. The van der Waals surface area contributed by atoms with Crippen LogP contribution in [0.5, 0.6) is 0 Å². The molecule has 0 unspecified atom stereocenters. The van der Waals surface area contributed by atoms with Crippen LogP contribution in [0.2, 0.25) is 0 Å². The summed E-state index contributed by atoms with van der Waals surface area (Å²) in [6, 6.07) is 2.18. The predicted molar refractivity (Wildman–Crippen MR) is 52.6 cm³/mol. The summed E-state index contributed by atoms with van der Waals surface area (Å²) in [6.07, 6.45) is 4.47. The van der Waals surface area contributed by atoms with Crippen LogP contribution in [0.4, 0.5) is 0 Å². The first-order valence-corrected chi connectivity index (χ1v) is 5.11. The fourth-order valence-electron chi connectivity index (χ4n) is 2.04. The van der Waals surface area contributed by atoms with E-state index in [1.165, 1.54) is 0 Å². The zero-order valence-corrected chi connectivity index (χ0v) is 8.36. The van der Waals surface area contributed by atoms with Gasteiger partial charge in [-0.2, -0.15) is 5.10 Å². The molecule has 0 aliphatic carbocycles. The lowest BCUT2D eigenvalue weighted by molar-refractivity contribution is -0.131. The molecule has 14 heavy (non-hydrogen) atoms. The van der Waals surface area contributed by atoms with Crippen LogP contribution in [-0.4, -0.2) is 27.5 Å². The maximum atomic E-state index is 11.6. The van der Waals surface area contributed by atoms with E-state index in [4.69, 9.17) is 0 Å². The molecular weight excluding hydrogens is 178 g/mol. The van der Waals surface area contributed by atoms with Gasteiger partial charge in [0.05, 0.1) is 11.7 Å². The number of aromatic nitrogens is 2. The third kappa shape index (κ3) is 1.52. The van der Waals surface area contributed by atoms with Crippen LogP contribution in [0.1, 0.15) is 37.9 Å². The average Bonchev–Trinajstić information content (AvgIpc) is 2.85. The van der Waals surface area contributed by atoms with Gasteiger partial charge in [0, 0.05) is 19.2 Å². The van der Waals surface area contributed by atoms with Crippen LogP contribution in [-0.2, 0) is 4.79 Å². The van der Waals surface area contributed by atoms with Crippen molar-refractivity contribution in [1.29, 1.82) is 0 Å². The van der Waals surface area contributed by atoms with Crippen LogP contribution in [0, 0.1) is 0 Å². The highest BCUT2D eigenvalue weighted by Crippen LogP contribution is 2.30. The molecule has 0 bridgehead atoms. The molecule has 2 heterocycles. The Morgan fingerprint density at radius 1 is 1.79 bits per heavy atom. The molecule has 1 saturated heterocycles. The number of nitrogens with zero attached hydrogens (tertiary/aromatic N) is 2. The summed E-state index contributed by atoms with van der Waals surface area (Å²) in [6.45, 7) is 2.79. The molecule has 1 aromatic heterocycles. The Hall–Kier alpha value is -1.32. The van der Waals surface area contributed by atoms with Crippen molar-refractivity contribution < 1.29 is 4.79 Å². The lowest BCUT2D eigenvalue weighted by Crippen LogP contribution is -2.29. The van der Waals surface area contributed by atoms with E-state index in [2.05, 4.69) is 10.2 Å². The molecule has 1 amide bonds. The van der Waals surface area contributed by atoms with Gasteiger partial charge in [-0.05, 0) is 18.9 Å². The van der Waals surface area contributed by atoms with Crippen molar-refractivity contribution in [2.45, 2.75) is 32.2 Å². The second-order valence-electron chi connectivity index (χ2n) is 3.61. The second-order valence-corrected chi connectivity index (χ2v) is 3.61. The van der Waals surface area contributed by atoms with E-state index in [-0.39, 0.29) is 11.9 Å². The number of rotatable bonds is 2. The van der Waals surface area contributed by atoms with Crippen molar-refractivity contribution >= 4 is 5.91 Å². The van der Waals surface area contributed by atoms with Crippen LogP contribution < -0.4 is 0 Å². The molecule has 0 spiro atoms. The Balaban J connectivity index is 2.15. The average molecular weight is 193 g/mol. The number of likely N-dealkylation sites (tertiary alicyclic amines) is 1. The van der Waals surface area contributed by atoms with Crippen molar-refractivity contribution in [1.82, 2.24) is 15.1 Å². The normalized spacial score (nSPS) is 21.5. The summed E-state index contributed by atoms with van der Waals surface area (Å²) in [5.74, 6) is 0.238. The van der Waals surface area contributed by atoms with Crippen LogP contribution in [0.3, 0.4) is 0 Å². The lowest BCUT2D eigenvalue weighted by atomic mass is 10.1. The maximum Gasteiger partial charge on any atom is 0.222 e. The highest BCUT2D eigenvalue weighted by molar-refractivity contribution is 5.76. The van der Waals surface area contributed by atoms with Crippen LogP contribution in [0.15, 0.2) is 12.3 Å². The molecule has 1 atom stereocenters. The minimum Gasteiger partial charge on any atom is -0.334 e. The molecule has 4 heteroatoms. The first kappa shape index (κ1) is 9.24. The number of amides is 1. The van der Waals surface area contributed by atoms with Gasteiger partial charge in [0.2, 0.25) is 5.91 Å². The molecule has 2 rings (SSSR count). The molecule has 1 aliphatic heterocycles. The molecular formula is C10H15N3O. The summed E-state index contributed by atoms with van der Waals surface area (Å²) in [4.78, 5) is 13.6. The van der Waals surface area contributed by atoms with Gasteiger partial charge in [-0.1, -0.05) is 6.92 Å². The Bertz CT molecular complexity index is 307. The first-order chi connectivity index (χ1) is 6.83. The van der Waals surface area contributed by atoms with E-state index >= 15 is 0 Å². The van der Waals surface area contributed by atoms with Crippen molar-refractivity contribution in [2.24, 2.45) is 0 Å². The first-order valence-electron chi connectivity index (χ1n) is 5.11. The molecule has 0 aromatic carbocycles. The van der Waals surface area contributed by atoms with E-state index in [0.717, 1.165) is 25.1 Å². The number of hydrogen-bond acceptors (Lipinski definition) is 2. The van der Waals surface area contributed by atoms with Gasteiger partial charge in [-0.15, -0.1) is 0 Å². The molecule has 1 N–H and O–H groups in total. The SMILES string of the molecule is CCC(=O)N1CCC[C@H]1c1ccn[nH]1. The van der Waals surface area contributed by atoms with E-state index in [1.807, 2.05) is 17.9 Å². The molecule has 76 valence electrons. The number of hydrogen-bond donors (Lipinski definition) is 1. The van der Waals surface area contributed by atoms with Crippen molar-refractivity contribution in [3.63, 3.8) is 0 Å². The van der Waals surface area contributed by atoms with Gasteiger partial charge in [-0.25, -0.2) is 0 Å². The van der Waals surface area contributed by atoms with Crippen molar-refractivity contribution in [3.05, 3.63) is 18.0 Å². The molecule has 0 radical (unpaired) electrons. The van der Waals surface area contributed by atoms with Crippen molar-refractivity contribution in [2.75, 3.05) is 6.54 Å². The predicted octanol–water partition coefficient (Wildman–Crippen LogP) is 1.48. The van der Waals surface area contributed by atoms with E-state index in [9.17, 15) is 4.79 Å². The minimum absolute atomic E-state index is 0.227. The van der Waals surface area contributed by atoms with E-state index in [0.29, 0.717) is 6.42 Å². The zero-order chi connectivity index (χ0) is 9.97. The molecule has 0 saturated carbocycles. The minimum atomic E-state index is 0.227. The summed E-state index contributed by atoms with van der Waals surface area (Å²) in [7, 11) is 0. The number of carbonyl (C=O) groups excluding carboxylic acids is 1. The summed E-state index contributed by atoms with van der Waals surface area (Å²) < 4.78 is 0. The van der Waals surface area contributed by atoms with Crippen LogP contribution >= 0.6 is 0 Å².